The van der Waals surface area contributed by atoms with Crippen LogP contribution in [0.25, 0.3) is 0 Å². The van der Waals surface area contributed by atoms with Crippen LogP contribution in [0.4, 0.5) is 17.8 Å². The highest BCUT2D eigenvalue weighted by Crippen LogP contribution is 2.14. The fourth-order valence-corrected chi connectivity index (χ4v) is 1.14. The van der Waals surface area contributed by atoms with Crippen LogP contribution in [0.1, 0.15) is 0 Å². The first-order valence-corrected chi connectivity index (χ1v) is 5.26. The Kier molecular flexibility index (Phi) is 4.59. The summed E-state index contributed by atoms with van der Waals surface area (Å²) in [6.07, 6.45) is 0. The lowest BCUT2D eigenvalue weighted by molar-refractivity contribution is 0.0828. The van der Waals surface area contributed by atoms with Gasteiger partial charge in [0.2, 0.25) is 17.8 Å². The quantitative estimate of drug-likeness (QED) is 0.379. The number of nitrogen functional groups attached to an aromatic ring is 1. The third-order valence-electron chi connectivity index (χ3n) is 2.33. The van der Waals surface area contributed by atoms with Crippen molar-refractivity contribution in [1.82, 2.24) is 15.0 Å². The van der Waals surface area contributed by atoms with Crippen molar-refractivity contribution >= 4 is 17.8 Å². The molecule has 0 radical (unpaired) electrons. The van der Waals surface area contributed by atoms with Crippen LogP contribution in [-0.2, 0) is 0 Å². The van der Waals surface area contributed by atoms with E-state index in [9.17, 15) is 15.3 Å². The maximum atomic E-state index is 9.19. The van der Waals surface area contributed by atoms with Crippen LogP contribution >= 0.6 is 0 Å². The highest BCUT2D eigenvalue weighted by Gasteiger charge is 2.29. The smallest absolute Gasteiger partial charge is 0.231 e. The number of aliphatic hydroxyl groups is 3. The van der Waals surface area contributed by atoms with E-state index in [2.05, 4.69) is 20.3 Å². The van der Waals surface area contributed by atoms with E-state index in [1.807, 2.05) is 0 Å². The van der Waals surface area contributed by atoms with Crippen molar-refractivity contribution in [2.24, 2.45) is 0 Å². The SMILES string of the molecule is CN(C)c1nc(N)nc(NC(CO)(CO)CO)n1. The molecule has 0 unspecified atom stereocenters. The van der Waals surface area contributed by atoms with Gasteiger partial charge < -0.3 is 31.3 Å². The molecular formula is C9H18N6O3. The Balaban J connectivity index is 3.03. The molecule has 102 valence electrons. The number of aromatic nitrogens is 3. The van der Waals surface area contributed by atoms with E-state index in [4.69, 9.17) is 5.73 Å². The second-order valence-electron chi connectivity index (χ2n) is 4.09. The van der Waals surface area contributed by atoms with E-state index in [0.29, 0.717) is 5.95 Å². The normalized spacial score (nSPS) is 11.4. The topological polar surface area (TPSA) is 141 Å². The largest absolute Gasteiger partial charge is 0.394 e. The van der Waals surface area contributed by atoms with Gasteiger partial charge in [0.15, 0.2) is 0 Å². The van der Waals surface area contributed by atoms with Crippen molar-refractivity contribution in [2.45, 2.75) is 5.54 Å². The molecule has 1 rings (SSSR count). The number of nitrogens with one attached hydrogen (secondary N) is 1. The van der Waals surface area contributed by atoms with Crippen LogP contribution < -0.4 is 16.0 Å². The molecule has 18 heavy (non-hydrogen) atoms. The molecule has 0 saturated carbocycles. The molecule has 1 aromatic heterocycles. The van der Waals surface area contributed by atoms with Crippen molar-refractivity contribution in [3.05, 3.63) is 0 Å². The van der Waals surface area contributed by atoms with E-state index >= 15 is 0 Å². The molecular weight excluding hydrogens is 240 g/mol. The highest BCUT2D eigenvalue weighted by atomic mass is 16.3. The maximum Gasteiger partial charge on any atom is 0.231 e. The molecule has 1 heterocycles. The molecule has 9 heteroatoms. The minimum Gasteiger partial charge on any atom is -0.394 e. The Hall–Kier alpha value is -1.71. The van der Waals surface area contributed by atoms with Crippen LogP contribution in [0.5, 0.6) is 0 Å². The van der Waals surface area contributed by atoms with Crippen molar-refractivity contribution in [1.29, 1.82) is 0 Å². The van der Waals surface area contributed by atoms with Gasteiger partial charge in [0.05, 0.1) is 19.8 Å². The minimum atomic E-state index is -1.31. The average molecular weight is 258 g/mol. The molecule has 6 N–H and O–H groups in total. The first-order valence-electron chi connectivity index (χ1n) is 5.26. The predicted octanol–water partition coefficient (Wildman–Crippen LogP) is -2.35. The molecule has 0 aliphatic rings. The van der Waals surface area contributed by atoms with Crippen molar-refractivity contribution < 1.29 is 15.3 Å². The molecule has 0 saturated heterocycles. The summed E-state index contributed by atoms with van der Waals surface area (Å²) < 4.78 is 0. The number of aliphatic hydroxyl groups excluding tert-OH is 3. The zero-order valence-corrected chi connectivity index (χ0v) is 10.3. The second-order valence-corrected chi connectivity index (χ2v) is 4.09. The van der Waals surface area contributed by atoms with Crippen LogP contribution in [0.3, 0.4) is 0 Å². The van der Waals surface area contributed by atoms with Gasteiger partial charge in [-0.2, -0.15) is 15.0 Å². The van der Waals surface area contributed by atoms with E-state index in [1.165, 1.54) is 0 Å². The number of hydrogen-bond acceptors (Lipinski definition) is 9. The van der Waals surface area contributed by atoms with E-state index in [-0.39, 0.29) is 11.9 Å². The molecule has 0 amide bonds. The van der Waals surface area contributed by atoms with Gasteiger partial charge in [-0.1, -0.05) is 0 Å². The van der Waals surface area contributed by atoms with Gasteiger partial charge in [-0.05, 0) is 0 Å². The second kappa shape index (κ2) is 5.76. The molecule has 0 atom stereocenters. The number of nitrogens with two attached hydrogens (primary N) is 1. The number of anilines is 3. The van der Waals surface area contributed by atoms with E-state index < -0.39 is 25.4 Å². The van der Waals surface area contributed by atoms with Crippen LogP contribution in [0.15, 0.2) is 0 Å². The Morgan fingerprint density at radius 3 is 2.11 bits per heavy atom. The summed E-state index contributed by atoms with van der Waals surface area (Å²) in [5.41, 5.74) is 4.22. The van der Waals surface area contributed by atoms with Crippen LogP contribution in [-0.4, -0.2) is 69.7 Å². The summed E-state index contributed by atoms with van der Waals surface area (Å²) in [7, 11) is 3.46. The minimum absolute atomic E-state index is 0.00100. The Morgan fingerprint density at radius 1 is 1.11 bits per heavy atom. The predicted molar refractivity (Wildman–Crippen MR) is 66.2 cm³/mol. The van der Waals surface area contributed by atoms with Gasteiger partial charge in [-0.15, -0.1) is 0 Å². The maximum absolute atomic E-state index is 9.19. The molecule has 0 spiro atoms. The molecule has 0 aromatic carbocycles. The van der Waals surface area contributed by atoms with Crippen LogP contribution in [0.2, 0.25) is 0 Å². The first-order chi connectivity index (χ1) is 8.46. The zero-order chi connectivity index (χ0) is 13.8. The van der Waals surface area contributed by atoms with Gasteiger partial charge in [-0.3, -0.25) is 0 Å². The zero-order valence-electron chi connectivity index (χ0n) is 10.3. The molecule has 0 aliphatic heterocycles. The molecule has 1 aromatic rings. The molecule has 0 aliphatic carbocycles. The van der Waals surface area contributed by atoms with Gasteiger partial charge in [-0.25, -0.2) is 0 Å². The molecule has 0 fully saturated rings. The van der Waals surface area contributed by atoms with Gasteiger partial charge >= 0.3 is 0 Å². The molecule has 9 nitrogen and oxygen atoms in total. The highest BCUT2D eigenvalue weighted by molar-refractivity contribution is 5.42. The summed E-state index contributed by atoms with van der Waals surface area (Å²) in [5.74, 6) is 0.398. The monoisotopic (exact) mass is 258 g/mol. The number of hydrogen-bond donors (Lipinski definition) is 5. The molecule has 0 bridgehead atoms. The lowest BCUT2D eigenvalue weighted by Gasteiger charge is -2.28. The van der Waals surface area contributed by atoms with E-state index in [0.717, 1.165) is 0 Å². The van der Waals surface area contributed by atoms with Gasteiger partial charge in [0.1, 0.15) is 5.54 Å². The third kappa shape index (κ3) is 3.15. The lowest BCUT2D eigenvalue weighted by atomic mass is 10.0. The fourth-order valence-electron chi connectivity index (χ4n) is 1.14. The Labute approximate surface area is 104 Å². The summed E-state index contributed by atoms with van der Waals surface area (Å²) in [6.45, 7) is -1.45. The summed E-state index contributed by atoms with van der Waals surface area (Å²) in [4.78, 5) is 13.4. The summed E-state index contributed by atoms with van der Waals surface area (Å²) >= 11 is 0. The van der Waals surface area contributed by atoms with Gasteiger partial charge in [0.25, 0.3) is 0 Å². The Bertz CT molecular complexity index is 388. The van der Waals surface area contributed by atoms with Crippen LogP contribution in [0, 0.1) is 0 Å². The number of rotatable bonds is 6. The first kappa shape index (κ1) is 14.4. The van der Waals surface area contributed by atoms with Gasteiger partial charge in [0, 0.05) is 14.1 Å². The lowest BCUT2D eigenvalue weighted by Crippen LogP contribution is -2.49. The fraction of sp³-hybridized carbons (Fsp3) is 0.667. The van der Waals surface area contributed by atoms with E-state index in [1.54, 1.807) is 19.0 Å². The summed E-state index contributed by atoms with van der Waals surface area (Å²) in [5, 5.41) is 30.2. The van der Waals surface area contributed by atoms with Crippen molar-refractivity contribution in [3.63, 3.8) is 0 Å². The number of nitrogens with zero attached hydrogens (tertiary/aromatic N) is 4. The van der Waals surface area contributed by atoms with Crippen molar-refractivity contribution in [3.8, 4) is 0 Å². The average Bonchev–Trinajstić information content (AvgIpc) is 2.35. The Morgan fingerprint density at radius 2 is 1.67 bits per heavy atom. The standard InChI is InChI=1S/C9H18N6O3/c1-15(2)8-12-6(10)11-7(13-8)14-9(3-16,4-17)5-18/h16-18H,3-5H2,1-2H3,(H3,10,11,12,13,14). The van der Waals surface area contributed by atoms with Crippen molar-refractivity contribution in [2.75, 3.05) is 49.9 Å². The summed E-state index contributed by atoms with van der Waals surface area (Å²) in [6, 6.07) is 0. The third-order valence-corrected chi connectivity index (χ3v) is 2.33.